The van der Waals surface area contributed by atoms with Crippen LogP contribution < -0.4 is 4.74 Å². The fraction of sp³-hybridized carbons (Fsp3) is 0.167. The summed E-state index contributed by atoms with van der Waals surface area (Å²) in [6.07, 6.45) is 0. The molecule has 0 aliphatic rings. The molecule has 0 atom stereocenters. The largest absolute Gasteiger partial charge is 0.491 e. The molecule has 0 bridgehead atoms. The molecule has 2 rings (SSSR count). The van der Waals surface area contributed by atoms with E-state index in [1.165, 1.54) is 5.39 Å². The average molecular weight is 286 g/mol. The van der Waals surface area contributed by atoms with Crippen molar-refractivity contribution >= 4 is 21.2 Å². The lowest BCUT2D eigenvalue weighted by Gasteiger charge is -2.04. The van der Waals surface area contributed by atoms with Crippen LogP contribution in [-0.2, 0) is 10.4 Å². The van der Waals surface area contributed by atoms with E-state index in [0.717, 1.165) is 11.1 Å². The molecular weight excluding hydrogens is 272 g/mol. The van der Waals surface area contributed by atoms with E-state index in [-0.39, 0.29) is 6.61 Å². The number of rotatable bonds is 3. The molecule has 0 spiro atoms. The molecule has 0 saturated carbocycles. The fourth-order valence-electron chi connectivity index (χ4n) is 1.42. The summed E-state index contributed by atoms with van der Waals surface area (Å²) >= 11 is 0. The zero-order valence-corrected chi connectivity index (χ0v) is 10.7. The van der Waals surface area contributed by atoms with E-state index in [1.54, 1.807) is 0 Å². The summed E-state index contributed by atoms with van der Waals surface area (Å²) in [6.45, 7) is 0.394. The van der Waals surface area contributed by atoms with Crippen LogP contribution in [-0.4, -0.2) is 35.8 Å². The van der Waals surface area contributed by atoms with Gasteiger partial charge in [-0.1, -0.05) is 30.3 Å². The molecule has 19 heavy (non-hydrogen) atoms. The van der Waals surface area contributed by atoms with Crippen LogP contribution in [0.15, 0.2) is 42.5 Å². The van der Waals surface area contributed by atoms with E-state index in [0.29, 0.717) is 6.61 Å². The van der Waals surface area contributed by atoms with Crippen LogP contribution in [0.5, 0.6) is 5.75 Å². The molecule has 0 fully saturated rings. The molecule has 0 saturated heterocycles. The highest BCUT2D eigenvalue weighted by Gasteiger charge is 1.95. The van der Waals surface area contributed by atoms with E-state index >= 15 is 0 Å². The molecule has 0 aromatic heterocycles. The minimum Gasteiger partial charge on any atom is -0.491 e. The van der Waals surface area contributed by atoms with Crippen LogP contribution in [0, 0.1) is 0 Å². The van der Waals surface area contributed by atoms with Gasteiger partial charge in [-0.2, -0.15) is 8.42 Å². The molecule has 2 aromatic carbocycles. The Morgan fingerprint density at radius 2 is 1.58 bits per heavy atom. The van der Waals surface area contributed by atoms with Crippen molar-refractivity contribution in [2.75, 3.05) is 13.2 Å². The first-order valence-electron chi connectivity index (χ1n) is 5.32. The maximum Gasteiger partial charge on any atom is 0.394 e. The summed E-state index contributed by atoms with van der Waals surface area (Å²) in [5.74, 6) is 0.803. The van der Waals surface area contributed by atoms with Gasteiger partial charge in [0.1, 0.15) is 12.4 Å². The first-order valence-corrected chi connectivity index (χ1v) is 6.72. The molecule has 0 amide bonds. The maximum atomic E-state index is 8.74. The number of benzene rings is 2. The maximum absolute atomic E-state index is 8.74. The quantitative estimate of drug-likeness (QED) is 0.740. The lowest BCUT2D eigenvalue weighted by atomic mass is 10.1. The van der Waals surface area contributed by atoms with Gasteiger partial charge in [0.05, 0.1) is 6.61 Å². The summed E-state index contributed by atoms with van der Waals surface area (Å²) in [6, 6.07) is 14.0. The molecule has 0 unspecified atom stereocenters. The molecule has 6 nitrogen and oxygen atoms in total. The van der Waals surface area contributed by atoms with Crippen LogP contribution in [0.4, 0.5) is 0 Å². The zero-order valence-electron chi connectivity index (χ0n) is 9.93. The van der Waals surface area contributed by atoms with Crippen molar-refractivity contribution in [2.45, 2.75) is 0 Å². The van der Waals surface area contributed by atoms with Crippen molar-refractivity contribution in [3.63, 3.8) is 0 Å². The number of aliphatic hydroxyl groups is 1. The van der Waals surface area contributed by atoms with Gasteiger partial charge in [0, 0.05) is 0 Å². The molecule has 0 aliphatic heterocycles. The average Bonchev–Trinajstić information content (AvgIpc) is 2.34. The smallest absolute Gasteiger partial charge is 0.394 e. The van der Waals surface area contributed by atoms with Gasteiger partial charge in [0.15, 0.2) is 0 Å². The first kappa shape index (κ1) is 15.4. The standard InChI is InChI=1S/C12H12O2.H2O4S/c13-7-8-14-12-6-5-10-3-1-2-4-11(10)9-12;1-5(2,3)4/h1-6,9,13H,7-8H2;(H2,1,2,3,4). The van der Waals surface area contributed by atoms with Crippen LogP contribution in [0.1, 0.15) is 0 Å². The molecular formula is C12H14O6S. The van der Waals surface area contributed by atoms with Crippen molar-refractivity contribution in [2.24, 2.45) is 0 Å². The van der Waals surface area contributed by atoms with Crippen LogP contribution in [0.2, 0.25) is 0 Å². The topological polar surface area (TPSA) is 104 Å². The second-order valence-corrected chi connectivity index (χ2v) is 4.42. The van der Waals surface area contributed by atoms with E-state index in [4.69, 9.17) is 27.4 Å². The van der Waals surface area contributed by atoms with E-state index in [9.17, 15) is 0 Å². The van der Waals surface area contributed by atoms with E-state index in [2.05, 4.69) is 6.07 Å². The summed E-state index contributed by atoms with van der Waals surface area (Å²) in [5.41, 5.74) is 0. The summed E-state index contributed by atoms with van der Waals surface area (Å²) in [4.78, 5) is 0. The Morgan fingerprint density at radius 1 is 1.00 bits per heavy atom. The SMILES string of the molecule is O=S(=O)(O)O.OCCOc1ccc2ccccc2c1. The van der Waals surface area contributed by atoms with Gasteiger partial charge < -0.3 is 9.84 Å². The van der Waals surface area contributed by atoms with Gasteiger partial charge in [-0.25, -0.2) is 0 Å². The van der Waals surface area contributed by atoms with Gasteiger partial charge in [0.2, 0.25) is 0 Å². The summed E-state index contributed by atoms with van der Waals surface area (Å²) in [5, 5.41) is 11.0. The minimum atomic E-state index is -4.67. The third kappa shape index (κ3) is 6.73. The van der Waals surface area contributed by atoms with E-state index < -0.39 is 10.4 Å². The van der Waals surface area contributed by atoms with Gasteiger partial charge in [-0.05, 0) is 22.9 Å². The Kier molecular flexibility index (Phi) is 5.71. The van der Waals surface area contributed by atoms with Gasteiger partial charge in [-0.3, -0.25) is 9.11 Å². The Labute approximate surface area is 110 Å². The predicted octanol–water partition coefficient (Wildman–Crippen LogP) is 1.56. The molecule has 3 N–H and O–H groups in total. The lowest BCUT2D eigenvalue weighted by Crippen LogP contribution is -2.01. The number of hydrogen-bond acceptors (Lipinski definition) is 4. The van der Waals surface area contributed by atoms with E-state index in [1.807, 2.05) is 36.4 Å². The number of hydrogen-bond donors (Lipinski definition) is 3. The van der Waals surface area contributed by atoms with Gasteiger partial charge in [-0.15, -0.1) is 0 Å². The monoisotopic (exact) mass is 286 g/mol. The summed E-state index contributed by atoms with van der Waals surface area (Å²) in [7, 11) is -4.67. The fourth-order valence-corrected chi connectivity index (χ4v) is 1.42. The molecule has 0 radical (unpaired) electrons. The van der Waals surface area contributed by atoms with Crippen LogP contribution in [0.3, 0.4) is 0 Å². The minimum absolute atomic E-state index is 0.0484. The Bertz CT molecular complexity index is 615. The zero-order chi connectivity index (χ0) is 14.3. The number of aliphatic hydroxyl groups excluding tert-OH is 1. The highest BCUT2D eigenvalue weighted by molar-refractivity contribution is 7.79. The van der Waals surface area contributed by atoms with Crippen molar-refractivity contribution in [1.29, 1.82) is 0 Å². The highest BCUT2D eigenvalue weighted by Crippen LogP contribution is 2.20. The van der Waals surface area contributed by atoms with Crippen LogP contribution >= 0.6 is 0 Å². The van der Waals surface area contributed by atoms with Crippen molar-refractivity contribution in [1.82, 2.24) is 0 Å². The molecule has 0 heterocycles. The lowest BCUT2D eigenvalue weighted by molar-refractivity contribution is 0.201. The number of ether oxygens (including phenoxy) is 1. The predicted molar refractivity (Wildman–Crippen MR) is 70.7 cm³/mol. The van der Waals surface area contributed by atoms with Gasteiger partial charge in [0.25, 0.3) is 0 Å². The second-order valence-electron chi connectivity index (χ2n) is 3.53. The Balaban J connectivity index is 0.000000312. The van der Waals surface area contributed by atoms with Crippen molar-refractivity contribution in [3.8, 4) is 5.75 Å². The molecule has 0 aliphatic carbocycles. The summed E-state index contributed by atoms with van der Waals surface area (Å²) < 4.78 is 36.9. The Morgan fingerprint density at radius 3 is 2.16 bits per heavy atom. The Hall–Kier alpha value is -1.67. The molecule has 7 heteroatoms. The first-order chi connectivity index (χ1) is 8.90. The molecule has 2 aromatic rings. The van der Waals surface area contributed by atoms with Gasteiger partial charge >= 0.3 is 10.4 Å². The third-order valence-electron chi connectivity index (χ3n) is 2.08. The normalized spacial score (nSPS) is 10.7. The second kappa shape index (κ2) is 7.05. The third-order valence-corrected chi connectivity index (χ3v) is 2.08. The molecule has 104 valence electrons. The van der Waals surface area contributed by atoms with Crippen LogP contribution in [0.25, 0.3) is 10.8 Å². The van der Waals surface area contributed by atoms with Crippen molar-refractivity contribution in [3.05, 3.63) is 42.5 Å². The highest BCUT2D eigenvalue weighted by atomic mass is 32.3. The number of fused-ring (bicyclic) bond motifs is 1. The van der Waals surface area contributed by atoms with Crippen molar-refractivity contribution < 1.29 is 27.4 Å².